The summed E-state index contributed by atoms with van der Waals surface area (Å²) in [7, 11) is 0. The molecule has 0 unspecified atom stereocenters. The standard InChI is InChI=1S/C11H18N2O4/c1-11(2,3)17-10(15)13-5-4-8-7(6-13)12-9(14)16-8/h7-8H,4-6H2,1-3H3,(H,12,14)/t7-,8-/m1/s1. The van der Waals surface area contributed by atoms with Gasteiger partial charge in [0.25, 0.3) is 0 Å². The van der Waals surface area contributed by atoms with Crippen LogP contribution in [0.3, 0.4) is 0 Å². The third-order valence-corrected chi connectivity index (χ3v) is 2.76. The summed E-state index contributed by atoms with van der Waals surface area (Å²) in [5.74, 6) is 0. The predicted octanol–water partition coefficient (Wildman–Crippen LogP) is 1.10. The Bertz CT molecular complexity index is 337. The molecular formula is C11H18N2O4. The second kappa shape index (κ2) is 4.09. The number of amides is 2. The van der Waals surface area contributed by atoms with Crippen LogP contribution in [0, 0.1) is 0 Å². The van der Waals surface area contributed by atoms with Crippen molar-refractivity contribution in [3.8, 4) is 0 Å². The Hall–Kier alpha value is -1.46. The van der Waals surface area contributed by atoms with E-state index in [2.05, 4.69) is 5.32 Å². The molecule has 0 aromatic heterocycles. The molecule has 0 aromatic rings. The van der Waals surface area contributed by atoms with Crippen LogP contribution in [0.4, 0.5) is 9.59 Å². The van der Waals surface area contributed by atoms with E-state index in [-0.39, 0.29) is 18.2 Å². The van der Waals surface area contributed by atoms with E-state index in [1.807, 2.05) is 20.8 Å². The third kappa shape index (κ3) is 2.81. The molecule has 17 heavy (non-hydrogen) atoms. The van der Waals surface area contributed by atoms with E-state index in [1.54, 1.807) is 4.90 Å². The van der Waals surface area contributed by atoms with Crippen molar-refractivity contribution in [2.75, 3.05) is 13.1 Å². The highest BCUT2D eigenvalue weighted by atomic mass is 16.6. The molecule has 1 N–H and O–H groups in total. The van der Waals surface area contributed by atoms with Crippen LogP contribution in [-0.2, 0) is 9.47 Å². The molecule has 2 aliphatic rings. The first-order valence-corrected chi connectivity index (χ1v) is 5.80. The Balaban J connectivity index is 1.92. The zero-order valence-electron chi connectivity index (χ0n) is 10.4. The molecule has 2 atom stereocenters. The number of fused-ring (bicyclic) bond motifs is 1. The summed E-state index contributed by atoms with van der Waals surface area (Å²) in [5, 5.41) is 2.69. The quantitative estimate of drug-likeness (QED) is 0.690. The van der Waals surface area contributed by atoms with Crippen LogP contribution in [0.2, 0.25) is 0 Å². The summed E-state index contributed by atoms with van der Waals surface area (Å²) in [4.78, 5) is 24.5. The Labute approximate surface area is 100 Å². The fraction of sp³-hybridized carbons (Fsp3) is 0.818. The first-order valence-electron chi connectivity index (χ1n) is 5.80. The molecule has 0 aromatic carbocycles. The highest BCUT2D eigenvalue weighted by Crippen LogP contribution is 2.21. The number of rotatable bonds is 0. The fourth-order valence-corrected chi connectivity index (χ4v) is 2.03. The Morgan fingerprint density at radius 3 is 2.88 bits per heavy atom. The zero-order valence-corrected chi connectivity index (χ0v) is 10.4. The zero-order chi connectivity index (χ0) is 12.6. The normalized spacial score (nSPS) is 28.2. The number of nitrogens with one attached hydrogen (secondary N) is 1. The van der Waals surface area contributed by atoms with Crippen molar-refractivity contribution < 1.29 is 19.1 Å². The number of nitrogens with zero attached hydrogens (tertiary/aromatic N) is 1. The van der Waals surface area contributed by atoms with Gasteiger partial charge in [-0.2, -0.15) is 0 Å². The van der Waals surface area contributed by atoms with Gasteiger partial charge in [0.2, 0.25) is 0 Å². The number of hydrogen-bond donors (Lipinski definition) is 1. The number of carbonyl (C=O) groups is 2. The van der Waals surface area contributed by atoms with Gasteiger partial charge in [0.1, 0.15) is 11.7 Å². The van der Waals surface area contributed by atoms with Gasteiger partial charge in [0.05, 0.1) is 6.04 Å². The van der Waals surface area contributed by atoms with Crippen molar-refractivity contribution in [3.63, 3.8) is 0 Å². The highest BCUT2D eigenvalue weighted by Gasteiger charge is 2.40. The van der Waals surface area contributed by atoms with Crippen molar-refractivity contribution >= 4 is 12.2 Å². The van der Waals surface area contributed by atoms with Crippen molar-refractivity contribution in [3.05, 3.63) is 0 Å². The van der Waals surface area contributed by atoms with Crippen molar-refractivity contribution in [2.45, 2.75) is 44.9 Å². The second-order valence-corrected chi connectivity index (χ2v) is 5.41. The van der Waals surface area contributed by atoms with Gasteiger partial charge in [-0.15, -0.1) is 0 Å². The van der Waals surface area contributed by atoms with Gasteiger partial charge in [0, 0.05) is 19.5 Å². The topological polar surface area (TPSA) is 67.9 Å². The van der Waals surface area contributed by atoms with E-state index in [4.69, 9.17) is 9.47 Å². The minimum atomic E-state index is -0.497. The molecule has 2 fully saturated rings. The van der Waals surface area contributed by atoms with Crippen LogP contribution in [-0.4, -0.2) is 47.9 Å². The summed E-state index contributed by atoms with van der Waals surface area (Å²) >= 11 is 0. The van der Waals surface area contributed by atoms with Gasteiger partial charge in [-0.3, -0.25) is 0 Å². The average molecular weight is 242 g/mol. The van der Waals surface area contributed by atoms with Gasteiger partial charge >= 0.3 is 12.2 Å². The minimum absolute atomic E-state index is 0.108. The average Bonchev–Trinajstić information content (AvgIpc) is 2.53. The minimum Gasteiger partial charge on any atom is -0.444 e. The predicted molar refractivity (Wildman–Crippen MR) is 59.6 cm³/mol. The summed E-state index contributed by atoms with van der Waals surface area (Å²) in [6.07, 6.45) is -0.188. The van der Waals surface area contributed by atoms with E-state index in [0.717, 1.165) is 0 Å². The highest BCUT2D eigenvalue weighted by molar-refractivity contribution is 5.72. The van der Waals surface area contributed by atoms with Crippen molar-refractivity contribution in [2.24, 2.45) is 0 Å². The molecule has 2 heterocycles. The van der Waals surface area contributed by atoms with Gasteiger partial charge < -0.3 is 19.7 Å². The molecule has 0 saturated carbocycles. The molecule has 2 rings (SSSR count). The molecule has 6 heteroatoms. The smallest absolute Gasteiger partial charge is 0.410 e. The molecule has 2 amide bonds. The largest absolute Gasteiger partial charge is 0.444 e. The summed E-state index contributed by atoms with van der Waals surface area (Å²) in [5.41, 5.74) is -0.497. The first-order chi connectivity index (χ1) is 7.85. The van der Waals surface area contributed by atoms with Crippen LogP contribution in [0.15, 0.2) is 0 Å². The number of ether oxygens (including phenoxy) is 2. The lowest BCUT2D eigenvalue weighted by Gasteiger charge is -2.34. The van der Waals surface area contributed by atoms with Crippen LogP contribution in [0.5, 0.6) is 0 Å². The molecule has 6 nitrogen and oxygen atoms in total. The van der Waals surface area contributed by atoms with Gasteiger partial charge in [-0.25, -0.2) is 9.59 Å². The molecule has 0 bridgehead atoms. The third-order valence-electron chi connectivity index (χ3n) is 2.76. The molecule has 2 saturated heterocycles. The number of likely N-dealkylation sites (tertiary alicyclic amines) is 1. The molecule has 0 spiro atoms. The maximum atomic E-state index is 11.8. The SMILES string of the molecule is CC(C)(C)OC(=O)N1CC[C@H]2OC(=O)N[C@@H]2C1. The van der Waals surface area contributed by atoms with Gasteiger partial charge in [-0.1, -0.05) is 0 Å². The van der Waals surface area contributed by atoms with Gasteiger partial charge in [-0.05, 0) is 20.8 Å². The van der Waals surface area contributed by atoms with E-state index >= 15 is 0 Å². The molecule has 0 radical (unpaired) electrons. The number of carbonyl (C=O) groups excluding carboxylic acids is 2. The molecule has 2 aliphatic heterocycles. The maximum absolute atomic E-state index is 11.8. The number of alkyl carbamates (subject to hydrolysis) is 1. The monoisotopic (exact) mass is 242 g/mol. The first kappa shape index (κ1) is 12.0. The molecular weight excluding hydrogens is 224 g/mol. The Morgan fingerprint density at radius 2 is 2.24 bits per heavy atom. The second-order valence-electron chi connectivity index (χ2n) is 5.41. The lowest BCUT2D eigenvalue weighted by molar-refractivity contribution is 0.0105. The Kier molecular flexibility index (Phi) is 2.89. The summed E-state index contributed by atoms with van der Waals surface area (Å²) in [6.45, 7) is 6.50. The summed E-state index contributed by atoms with van der Waals surface area (Å²) in [6, 6.07) is -0.108. The Morgan fingerprint density at radius 1 is 1.53 bits per heavy atom. The van der Waals surface area contributed by atoms with Crippen LogP contribution in [0.25, 0.3) is 0 Å². The number of hydrogen-bond acceptors (Lipinski definition) is 4. The van der Waals surface area contributed by atoms with E-state index in [9.17, 15) is 9.59 Å². The van der Waals surface area contributed by atoms with E-state index in [0.29, 0.717) is 19.5 Å². The van der Waals surface area contributed by atoms with Crippen LogP contribution >= 0.6 is 0 Å². The summed E-state index contributed by atoms with van der Waals surface area (Å²) < 4.78 is 10.4. The lowest BCUT2D eigenvalue weighted by atomic mass is 10.0. The number of piperidine rings is 1. The van der Waals surface area contributed by atoms with E-state index in [1.165, 1.54) is 0 Å². The maximum Gasteiger partial charge on any atom is 0.410 e. The van der Waals surface area contributed by atoms with Crippen molar-refractivity contribution in [1.29, 1.82) is 0 Å². The molecule has 96 valence electrons. The van der Waals surface area contributed by atoms with Gasteiger partial charge in [0.15, 0.2) is 0 Å². The fourth-order valence-electron chi connectivity index (χ4n) is 2.03. The van der Waals surface area contributed by atoms with Crippen LogP contribution in [0.1, 0.15) is 27.2 Å². The van der Waals surface area contributed by atoms with Crippen molar-refractivity contribution in [1.82, 2.24) is 10.2 Å². The lowest BCUT2D eigenvalue weighted by Crippen LogP contribution is -2.52. The van der Waals surface area contributed by atoms with Crippen LogP contribution < -0.4 is 5.32 Å². The molecule has 0 aliphatic carbocycles. The van der Waals surface area contributed by atoms with E-state index < -0.39 is 11.7 Å².